The van der Waals surface area contributed by atoms with E-state index in [9.17, 15) is 0 Å². The van der Waals surface area contributed by atoms with Crippen LogP contribution in [-0.4, -0.2) is 15.0 Å². The first kappa shape index (κ1) is 8.38. The number of hydrogen-bond acceptors (Lipinski definition) is 2. The standard InChI is InChI=1S/C7H6N3.Re/c1-5-7-6(2-3-8-7)10-4-9-5;/h2,4,8H,1H3;/q-1;. The molecular weight excluding hydrogens is 312 g/mol. The fourth-order valence-corrected chi connectivity index (χ4v) is 0.933. The van der Waals surface area contributed by atoms with Gasteiger partial charge in [0.15, 0.2) is 0 Å². The second-order valence-electron chi connectivity index (χ2n) is 2.13. The zero-order valence-electron chi connectivity index (χ0n) is 5.93. The molecule has 4 heteroatoms. The average Bonchev–Trinajstić information content (AvgIpc) is 2.36. The SMILES string of the molecule is Cc1ncnc2c[c-][nH]c12.[Re]. The van der Waals surface area contributed by atoms with E-state index in [2.05, 4.69) is 21.1 Å². The van der Waals surface area contributed by atoms with Gasteiger partial charge in [-0.25, -0.2) is 0 Å². The topological polar surface area (TPSA) is 41.6 Å². The van der Waals surface area contributed by atoms with E-state index in [-0.39, 0.29) is 20.4 Å². The van der Waals surface area contributed by atoms with Gasteiger partial charge < -0.3 is 9.97 Å². The van der Waals surface area contributed by atoms with Crippen LogP contribution in [0.25, 0.3) is 11.0 Å². The van der Waals surface area contributed by atoms with E-state index >= 15 is 0 Å². The van der Waals surface area contributed by atoms with Crippen LogP contribution in [0, 0.1) is 13.1 Å². The van der Waals surface area contributed by atoms with Crippen LogP contribution in [0.15, 0.2) is 12.4 Å². The van der Waals surface area contributed by atoms with Crippen LogP contribution >= 0.6 is 0 Å². The zero-order chi connectivity index (χ0) is 6.97. The second kappa shape index (κ2) is 3.12. The molecule has 0 aliphatic rings. The number of rotatable bonds is 0. The van der Waals surface area contributed by atoms with E-state index in [0.717, 1.165) is 16.7 Å². The van der Waals surface area contributed by atoms with E-state index in [0.29, 0.717) is 0 Å². The van der Waals surface area contributed by atoms with Crippen molar-refractivity contribution in [2.75, 3.05) is 0 Å². The van der Waals surface area contributed by atoms with Crippen molar-refractivity contribution in [1.82, 2.24) is 15.0 Å². The normalized spacial score (nSPS) is 9.55. The van der Waals surface area contributed by atoms with Gasteiger partial charge in [-0.3, -0.25) is 4.98 Å². The third-order valence-electron chi connectivity index (χ3n) is 1.47. The first-order valence-corrected chi connectivity index (χ1v) is 3.04. The summed E-state index contributed by atoms with van der Waals surface area (Å²) in [6.45, 7) is 1.94. The fraction of sp³-hybridized carbons (Fsp3) is 0.143. The maximum absolute atomic E-state index is 4.03. The van der Waals surface area contributed by atoms with Gasteiger partial charge in [0.05, 0.1) is 0 Å². The first-order valence-electron chi connectivity index (χ1n) is 3.04. The Hall–Kier alpha value is -0.718. The van der Waals surface area contributed by atoms with Gasteiger partial charge in [-0.05, 0) is 12.6 Å². The van der Waals surface area contributed by atoms with Crippen molar-refractivity contribution in [1.29, 1.82) is 0 Å². The van der Waals surface area contributed by atoms with E-state index < -0.39 is 0 Å². The molecule has 2 heterocycles. The molecule has 57 valence electrons. The van der Waals surface area contributed by atoms with Gasteiger partial charge in [0.25, 0.3) is 0 Å². The van der Waals surface area contributed by atoms with Gasteiger partial charge >= 0.3 is 0 Å². The summed E-state index contributed by atoms with van der Waals surface area (Å²) in [6, 6.07) is 1.81. The fourth-order valence-electron chi connectivity index (χ4n) is 0.933. The Morgan fingerprint density at radius 3 is 3.00 bits per heavy atom. The monoisotopic (exact) mass is 319 g/mol. The molecule has 0 fully saturated rings. The molecule has 0 amide bonds. The van der Waals surface area contributed by atoms with E-state index in [1.54, 1.807) is 6.33 Å². The zero-order valence-corrected chi connectivity index (χ0v) is 8.64. The van der Waals surface area contributed by atoms with Crippen molar-refractivity contribution in [2.45, 2.75) is 6.92 Å². The molecule has 0 spiro atoms. The van der Waals surface area contributed by atoms with Gasteiger partial charge in [0, 0.05) is 20.4 Å². The Bertz CT molecular complexity index is 355. The number of aromatic amines is 1. The molecule has 0 unspecified atom stereocenters. The molecule has 3 nitrogen and oxygen atoms in total. The van der Waals surface area contributed by atoms with Crippen LogP contribution in [0.3, 0.4) is 0 Å². The minimum absolute atomic E-state index is 0. The minimum atomic E-state index is 0. The summed E-state index contributed by atoms with van der Waals surface area (Å²) in [5, 5.41) is 0. The maximum atomic E-state index is 4.03. The molecule has 0 bridgehead atoms. The van der Waals surface area contributed by atoms with Crippen LogP contribution in [0.2, 0.25) is 0 Å². The number of fused-ring (bicyclic) bond motifs is 1. The molecule has 2 rings (SSSR count). The Morgan fingerprint density at radius 1 is 1.45 bits per heavy atom. The molecular formula is C7H6N3Re-. The number of H-pyrrole nitrogens is 1. The molecule has 0 aromatic carbocycles. The van der Waals surface area contributed by atoms with Gasteiger partial charge in [0.2, 0.25) is 0 Å². The quantitative estimate of drug-likeness (QED) is 0.738. The predicted octanol–water partition coefficient (Wildman–Crippen LogP) is 1.06. The molecule has 0 saturated carbocycles. The molecule has 0 aliphatic heterocycles. The number of nitrogens with zero attached hydrogens (tertiary/aromatic N) is 2. The molecule has 2 aromatic heterocycles. The summed E-state index contributed by atoms with van der Waals surface area (Å²) in [5.41, 5.74) is 2.86. The van der Waals surface area contributed by atoms with Gasteiger partial charge in [-0.2, -0.15) is 0 Å². The van der Waals surface area contributed by atoms with Crippen molar-refractivity contribution in [3.63, 3.8) is 0 Å². The molecule has 1 N–H and O–H groups in total. The molecule has 0 aliphatic carbocycles. The number of aromatic nitrogens is 3. The first-order chi connectivity index (χ1) is 4.88. The van der Waals surface area contributed by atoms with Crippen molar-refractivity contribution in [3.8, 4) is 0 Å². The van der Waals surface area contributed by atoms with E-state index in [1.807, 2.05) is 13.0 Å². The van der Waals surface area contributed by atoms with Crippen molar-refractivity contribution < 1.29 is 20.4 Å². The van der Waals surface area contributed by atoms with Gasteiger partial charge in [-0.15, -0.1) is 12.3 Å². The third kappa shape index (κ3) is 1.32. The summed E-state index contributed by atoms with van der Waals surface area (Å²) in [7, 11) is 0. The smallest absolute Gasteiger partial charge is 0.100 e. The number of nitrogens with one attached hydrogen (secondary N) is 1. The van der Waals surface area contributed by atoms with Crippen molar-refractivity contribution >= 4 is 11.0 Å². The summed E-state index contributed by atoms with van der Waals surface area (Å²) in [5.74, 6) is 0. The van der Waals surface area contributed by atoms with Gasteiger partial charge in [-0.1, -0.05) is 11.0 Å². The maximum Gasteiger partial charge on any atom is 0.100 e. The molecule has 1 radical (unpaired) electrons. The Kier molecular flexibility index (Phi) is 2.38. The summed E-state index contributed by atoms with van der Waals surface area (Å²) in [4.78, 5) is 11.0. The van der Waals surface area contributed by atoms with Crippen LogP contribution in [0.4, 0.5) is 0 Å². The van der Waals surface area contributed by atoms with E-state index in [1.165, 1.54) is 0 Å². The van der Waals surface area contributed by atoms with Crippen molar-refractivity contribution in [2.24, 2.45) is 0 Å². The average molecular weight is 318 g/mol. The summed E-state index contributed by atoms with van der Waals surface area (Å²) >= 11 is 0. The van der Waals surface area contributed by atoms with Crippen LogP contribution in [0.5, 0.6) is 0 Å². The Balaban J connectivity index is 0.000000605. The summed E-state index contributed by atoms with van der Waals surface area (Å²) < 4.78 is 0. The molecule has 0 atom stereocenters. The third-order valence-corrected chi connectivity index (χ3v) is 1.47. The van der Waals surface area contributed by atoms with Crippen LogP contribution in [0.1, 0.15) is 5.69 Å². The van der Waals surface area contributed by atoms with Gasteiger partial charge in [0.1, 0.15) is 6.33 Å². The summed E-state index contributed by atoms with van der Waals surface area (Å²) in [6.07, 6.45) is 4.41. The van der Waals surface area contributed by atoms with Crippen molar-refractivity contribution in [3.05, 3.63) is 24.3 Å². The predicted molar refractivity (Wildman–Crippen MR) is 37.5 cm³/mol. The second-order valence-corrected chi connectivity index (χ2v) is 2.13. The van der Waals surface area contributed by atoms with E-state index in [4.69, 9.17) is 0 Å². The molecule has 11 heavy (non-hydrogen) atoms. The minimum Gasteiger partial charge on any atom is -0.475 e. The Morgan fingerprint density at radius 2 is 2.27 bits per heavy atom. The largest absolute Gasteiger partial charge is 0.475 e. The van der Waals surface area contributed by atoms with Crippen LogP contribution < -0.4 is 0 Å². The van der Waals surface area contributed by atoms with Crippen LogP contribution in [-0.2, 0) is 20.4 Å². The number of aryl methyl sites for hydroxylation is 1. The Labute approximate surface area is 77.9 Å². The molecule has 2 aromatic rings. The molecule has 0 saturated heterocycles. The number of hydrogen-bond donors (Lipinski definition) is 1.